The second-order valence-electron chi connectivity index (χ2n) is 8.97. The van der Waals surface area contributed by atoms with Crippen LogP contribution in [0.5, 0.6) is 0 Å². The van der Waals surface area contributed by atoms with Gasteiger partial charge in [0, 0.05) is 39.3 Å². The second kappa shape index (κ2) is 9.90. The molecule has 168 valence electrons. The molecule has 7 nitrogen and oxygen atoms in total. The summed E-state index contributed by atoms with van der Waals surface area (Å²) in [5.41, 5.74) is 3.88. The van der Waals surface area contributed by atoms with Gasteiger partial charge < -0.3 is 4.74 Å². The molecule has 0 spiro atoms. The Morgan fingerprint density at radius 2 is 1.78 bits per heavy atom. The molecule has 3 aromatic rings. The highest BCUT2D eigenvalue weighted by Crippen LogP contribution is 2.29. The number of hydrogen-bond acceptors (Lipinski definition) is 6. The summed E-state index contributed by atoms with van der Waals surface area (Å²) in [5, 5.41) is 12.9. The van der Waals surface area contributed by atoms with Crippen LogP contribution in [0.2, 0.25) is 0 Å². The van der Waals surface area contributed by atoms with Gasteiger partial charge in [0.05, 0.1) is 18.7 Å². The van der Waals surface area contributed by atoms with Gasteiger partial charge in [0.25, 0.3) is 0 Å². The fraction of sp³-hybridized carbons (Fsp3) is 0.480. The van der Waals surface area contributed by atoms with E-state index < -0.39 is 0 Å². The first-order valence-electron chi connectivity index (χ1n) is 11.7. The lowest BCUT2D eigenvalue weighted by atomic mass is 10.0. The van der Waals surface area contributed by atoms with Gasteiger partial charge in [0.2, 0.25) is 0 Å². The van der Waals surface area contributed by atoms with E-state index in [4.69, 9.17) is 4.74 Å². The summed E-state index contributed by atoms with van der Waals surface area (Å²) >= 11 is 0. The smallest absolute Gasteiger partial charge is 0.173 e. The Morgan fingerprint density at radius 1 is 1.00 bits per heavy atom. The van der Waals surface area contributed by atoms with Crippen molar-refractivity contribution < 1.29 is 4.74 Å². The fourth-order valence-corrected chi connectivity index (χ4v) is 4.81. The first-order valence-corrected chi connectivity index (χ1v) is 11.7. The Morgan fingerprint density at radius 3 is 2.50 bits per heavy atom. The van der Waals surface area contributed by atoms with Crippen molar-refractivity contribution in [2.24, 2.45) is 0 Å². The fourth-order valence-electron chi connectivity index (χ4n) is 4.81. The maximum Gasteiger partial charge on any atom is 0.173 e. The lowest BCUT2D eigenvalue weighted by molar-refractivity contribution is 0.0841. The number of rotatable bonds is 7. The highest BCUT2D eigenvalue weighted by molar-refractivity contribution is 5.28. The van der Waals surface area contributed by atoms with E-state index in [1.807, 2.05) is 4.68 Å². The van der Waals surface area contributed by atoms with Gasteiger partial charge in [-0.15, -0.1) is 5.10 Å². The van der Waals surface area contributed by atoms with Gasteiger partial charge in [-0.25, -0.2) is 4.68 Å². The van der Waals surface area contributed by atoms with E-state index in [9.17, 15) is 0 Å². The molecule has 2 aliphatic heterocycles. The van der Waals surface area contributed by atoms with Crippen molar-refractivity contribution in [3.05, 3.63) is 77.1 Å². The number of nitrogens with zero attached hydrogens (tertiary/aromatic N) is 6. The second-order valence-corrected chi connectivity index (χ2v) is 8.97. The van der Waals surface area contributed by atoms with Crippen LogP contribution in [0.4, 0.5) is 0 Å². The average Bonchev–Trinajstić information content (AvgIpc) is 3.50. The van der Waals surface area contributed by atoms with E-state index in [-0.39, 0.29) is 12.1 Å². The average molecular weight is 433 g/mol. The maximum absolute atomic E-state index is 5.86. The number of ether oxygens (including phenoxy) is 1. The monoisotopic (exact) mass is 432 g/mol. The van der Waals surface area contributed by atoms with Gasteiger partial charge in [0.1, 0.15) is 0 Å². The van der Waals surface area contributed by atoms with Gasteiger partial charge in [-0.2, -0.15) is 0 Å². The molecule has 2 fully saturated rings. The molecular weight excluding hydrogens is 400 g/mol. The quantitative estimate of drug-likeness (QED) is 0.572. The van der Waals surface area contributed by atoms with Crippen LogP contribution < -0.4 is 0 Å². The van der Waals surface area contributed by atoms with Crippen molar-refractivity contribution >= 4 is 0 Å². The van der Waals surface area contributed by atoms with Gasteiger partial charge in [-0.1, -0.05) is 60.2 Å². The zero-order valence-electron chi connectivity index (χ0n) is 18.8. The minimum Gasteiger partial charge on any atom is -0.376 e. The highest BCUT2D eigenvalue weighted by atomic mass is 16.5. The van der Waals surface area contributed by atoms with E-state index in [1.165, 1.54) is 16.7 Å². The minimum atomic E-state index is 0.0471. The SMILES string of the molecule is Cc1ccc([C@@H](c2nnnn2C[C@@H]2CCCO2)N2CCN(Cc3ccccc3)CC2)cc1. The van der Waals surface area contributed by atoms with Crippen LogP contribution in [0.25, 0.3) is 0 Å². The Kier molecular flexibility index (Phi) is 6.57. The molecular formula is C25H32N6O. The van der Waals surface area contributed by atoms with Gasteiger partial charge in [-0.3, -0.25) is 9.80 Å². The first-order chi connectivity index (χ1) is 15.8. The summed E-state index contributed by atoms with van der Waals surface area (Å²) in [6, 6.07) is 19.6. The molecule has 0 N–H and O–H groups in total. The predicted molar refractivity (Wildman–Crippen MR) is 123 cm³/mol. The molecule has 0 amide bonds. The normalized spacial score (nSPS) is 21.1. The molecule has 5 rings (SSSR count). The molecule has 0 radical (unpaired) electrons. The van der Waals surface area contributed by atoms with E-state index >= 15 is 0 Å². The van der Waals surface area contributed by atoms with Crippen LogP contribution in [0, 0.1) is 6.92 Å². The molecule has 0 aliphatic carbocycles. The molecule has 1 aromatic heterocycles. The van der Waals surface area contributed by atoms with Crippen molar-refractivity contribution in [3.63, 3.8) is 0 Å². The van der Waals surface area contributed by atoms with E-state index in [2.05, 4.69) is 86.8 Å². The molecule has 3 heterocycles. The molecule has 0 unspecified atom stereocenters. The van der Waals surface area contributed by atoms with Crippen LogP contribution in [0.15, 0.2) is 54.6 Å². The Labute approximate surface area is 190 Å². The number of tetrazole rings is 1. The van der Waals surface area contributed by atoms with Crippen LogP contribution in [-0.2, 0) is 17.8 Å². The summed E-state index contributed by atoms with van der Waals surface area (Å²) in [5.74, 6) is 0.917. The largest absolute Gasteiger partial charge is 0.376 e. The minimum absolute atomic E-state index is 0.0471. The van der Waals surface area contributed by atoms with Crippen LogP contribution in [-0.4, -0.2) is 68.9 Å². The van der Waals surface area contributed by atoms with Crippen LogP contribution >= 0.6 is 0 Å². The zero-order chi connectivity index (χ0) is 21.8. The lowest BCUT2D eigenvalue weighted by Gasteiger charge is -2.39. The molecule has 2 saturated heterocycles. The molecule has 2 aromatic carbocycles. The molecule has 2 aliphatic rings. The predicted octanol–water partition coefficient (Wildman–Crippen LogP) is 3.07. The third-order valence-corrected chi connectivity index (χ3v) is 6.62. The number of piperazine rings is 1. The van der Waals surface area contributed by atoms with Gasteiger partial charge >= 0.3 is 0 Å². The Hall–Kier alpha value is -2.61. The third kappa shape index (κ3) is 4.90. The molecule has 0 bridgehead atoms. The van der Waals surface area contributed by atoms with Crippen molar-refractivity contribution in [1.82, 2.24) is 30.0 Å². The number of aryl methyl sites for hydroxylation is 1. The Balaban J connectivity index is 1.35. The zero-order valence-corrected chi connectivity index (χ0v) is 18.8. The van der Waals surface area contributed by atoms with Crippen molar-refractivity contribution in [2.45, 2.75) is 45.0 Å². The summed E-state index contributed by atoms with van der Waals surface area (Å²) < 4.78 is 7.83. The topological polar surface area (TPSA) is 59.3 Å². The third-order valence-electron chi connectivity index (χ3n) is 6.62. The van der Waals surface area contributed by atoms with Crippen molar-refractivity contribution in [2.75, 3.05) is 32.8 Å². The highest BCUT2D eigenvalue weighted by Gasteiger charge is 2.31. The molecule has 0 saturated carbocycles. The first kappa shape index (κ1) is 21.2. The van der Waals surface area contributed by atoms with Crippen LogP contribution in [0.3, 0.4) is 0 Å². The molecule has 32 heavy (non-hydrogen) atoms. The van der Waals surface area contributed by atoms with Gasteiger partial charge in [-0.05, 0) is 41.3 Å². The maximum atomic E-state index is 5.86. The Bertz CT molecular complexity index is 975. The van der Waals surface area contributed by atoms with E-state index in [1.54, 1.807) is 0 Å². The van der Waals surface area contributed by atoms with Crippen LogP contribution in [0.1, 0.15) is 41.4 Å². The van der Waals surface area contributed by atoms with Gasteiger partial charge in [0.15, 0.2) is 5.82 Å². The lowest BCUT2D eigenvalue weighted by Crippen LogP contribution is -2.48. The number of benzene rings is 2. The van der Waals surface area contributed by atoms with E-state index in [0.717, 1.165) is 64.5 Å². The molecule has 2 atom stereocenters. The summed E-state index contributed by atoms with van der Waals surface area (Å²) in [4.78, 5) is 5.07. The van der Waals surface area contributed by atoms with E-state index in [0.29, 0.717) is 0 Å². The summed E-state index contributed by atoms with van der Waals surface area (Å²) in [6.45, 7) is 8.72. The van der Waals surface area contributed by atoms with Crippen molar-refractivity contribution in [3.8, 4) is 0 Å². The standard InChI is InChI=1S/C25H32N6O/c1-20-9-11-22(12-10-20)24(25-26-27-28-31(25)19-23-8-5-17-32-23)30-15-13-29(14-16-30)18-21-6-3-2-4-7-21/h2-4,6-7,9-12,23-24H,5,8,13-19H2,1H3/t23-,24-/m0/s1. The van der Waals surface area contributed by atoms with Crippen molar-refractivity contribution in [1.29, 1.82) is 0 Å². The summed E-state index contributed by atoms with van der Waals surface area (Å²) in [6.07, 6.45) is 2.40. The molecule has 7 heteroatoms. The number of aromatic nitrogens is 4. The number of hydrogen-bond donors (Lipinski definition) is 0. The summed E-state index contributed by atoms with van der Waals surface area (Å²) in [7, 11) is 0.